The van der Waals surface area contributed by atoms with Gasteiger partial charge >= 0.3 is 0 Å². The van der Waals surface area contributed by atoms with Gasteiger partial charge in [-0.25, -0.2) is 15.0 Å². The number of benzene rings is 5. The monoisotopic (exact) mass is 589 g/mol. The number of allylic oxidation sites excluding steroid dienone is 1. The molecule has 5 aromatic carbocycles. The van der Waals surface area contributed by atoms with Crippen LogP contribution >= 0.6 is 0 Å². The fourth-order valence-corrected chi connectivity index (χ4v) is 5.99. The van der Waals surface area contributed by atoms with Crippen molar-refractivity contribution in [3.63, 3.8) is 0 Å². The lowest BCUT2D eigenvalue weighted by Gasteiger charge is -2.19. The van der Waals surface area contributed by atoms with Gasteiger partial charge in [-0.05, 0) is 35.4 Å². The second-order valence-electron chi connectivity index (χ2n) is 11.2. The maximum atomic E-state index is 8.77. The van der Waals surface area contributed by atoms with Gasteiger partial charge in [-0.1, -0.05) is 127 Å². The highest BCUT2D eigenvalue weighted by Crippen LogP contribution is 2.36. The van der Waals surface area contributed by atoms with E-state index in [0.29, 0.717) is 5.82 Å². The smallest absolute Gasteiger partial charge is 0.160 e. The third kappa shape index (κ3) is 4.90. The summed E-state index contributed by atoms with van der Waals surface area (Å²) < 4.78 is 0. The molecule has 5 heteroatoms. The lowest BCUT2D eigenvalue weighted by molar-refractivity contribution is 1.18. The van der Waals surface area contributed by atoms with Crippen molar-refractivity contribution in [2.75, 3.05) is 0 Å². The van der Waals surface area contributed by atoms with Crippen LogP contribution < -0.4 is 0 Å². The summed E-state index contributed by atoms with van der Waals surface area (Å²) in [4.78, 5) is 15.0. The van der Waals surface area contributed by atoms with Crippen molar-refractivity contribution in [2.24, 2.45) is 0 Å². The van der Waals surface area contributed by atoms with Crippen molar-refractivity contribution in [1.82, 2.24) is 15.0 Å². The van der Waals surface area contributed by atoms with E-state index in [1.807, 2.05) is 97.1 Å². The Labute approximate surface area is 266 Å². The Balaban J connectivity index is 1.21. The molecule has 0 saturated heterocycles. The van der Waals surface area contributed by atoms with Crippen LogP contribution in [0.2, 0.25) is 0 Å². The summed E-state index contributed by atoms with van der Waals surface area (Å²) in [5, 5.41) is 18.0. The van der Waals surface area contributed by atoms with Crippen LogP contribution in [0.5, 0.6) is 0 Å². The van der Waals surface area contributed by atoms with Crippen LogP contribution in [0.4, 0.5) is 0 Å². The number of fused-ring (bicyclic) bond motifs is 3. The van der Waals surface area contributed by atoms with Crippen LogP contribution in [0.1, 0.15) is 11.1 Å². The number of hydrogen-bond acceptors (Lipinski definition) is 5. The van der Waals surface area contributed by atoms with Gasteiger partial charge in [0, 0.05) is 38.8 Å². The minimum Gasteiger partial charge on any atom is -0.299 e. The first-order chi connectivity index (χ1) is 22.6. The maximum Gasteiger partial charge on any atom is 0.160 e. The molecule has 0 radical (unpaired) electrons. The van der Waals surface area contributed by atoms with Crippen molar-refractivity contribution in [3.05, 3.63) is 157 Å². The van der Waals surface area contributed by atoms with Gasteiger partial charge in [-0.3, -0.25) is 10.8 Å². The zero-order chi connectivity index (χ0) is 31.0. The quantitative estimate of drug-likeness (QED) is 0.210. The standard InChI is InChI=1S/C41H27N5/c42-34-23-22-33-38(39(34)43)32-21-20-31(24-37(32)44-40(33)29-12-6-2-7-13-29)26-16-18-28(19-17-26)36-25-35(27-10-4-1-5-11-27)45-41(46-36)30-14-8-3-9-15-30/h1-25,42-43H. The molecule has 7 aromatic rings. The first-order valence-electron chi connectivity index (χ1n) is 15.1. The van der Waals surface area contributed by atoms with Crippen molar-refractivity contribution < 1.29 is 0 Å². The third-order valence-corrected chi connectivity index (χ3v) is 8.35. The lowest BCUT2D eigenvalue weighted by atomic mass is 9.87. The summed E-state index contributed by atoms with van der Waals surface area (Å²) in [6.45, 7) is 0. The first kappa shape index (κ1) is 27.2. The van der Waals surface area contributed by atoms with E-state index in [1.165, 1.54) is 0 Å². The van der Waals surface area contributed by atoms with Gasteiger partial charge in [-0.15, -0.1) is 0 Å². The number of nitrogens with one attached hydrogen (secondary N) is 2. The van der Waals surface area contributed by atoms with Crippen LogP contribution in [-0.2, 0) is 0 Å². The summed E-state index contributed by atoms with van der Waals surface area (Å²) in [6, 6.07) is 47.0. The molecule has 2 N–H and O–H groups in total. The number of pyridine rings is 1. The molecule has 0 saturated carbocycles. The van der Waals surface area contributed by atoms with E-state index in [4.69, 9.17) is 25.8 Å². The molecule has 0 bridgehead atoms. The van der Waals surface area contributed by atoms with E-state index in [9.17, 15) is 0 Å². The zero-order valence-electron chi connectivity index (χ0n) is 24.8. The SMILES string of the molecule is N=C1C=Cc2c(-c3ccccc3)nc3cc(-c4ccc(-c5cc(-c6ccccc6)nc(-c6ccccc6)n5)cc4)ccc3c2C1=N. The molecular weight excluding hydrogens is 562 g/mol. The van der Waals surface area contributed by atoms with Crippen molar-refractivity contribution in [1.29, 1.82) is 10.8 Å². The number of aromatic nitrogens is 3. The molecule has 46 heavy (non-hydrogen) atoms. The lowest BCUT2D eigenvalue weighted by Crippen LogP contribution is -2.17. The summed E-state index contributed by atoms with van der Waals surface area (Å²) in [7, 11) is 0. The normalized spacial score (nSPS) is 12.3. The van der Waals surface area contributed by atoms with Gasteiger partial charge < -0.3 is 0 Å². The average Bonchev–Trinajstić information content (AvgIpc) is 3.13. The van der Waals surface area contributed by atoms with Gasteiger partial charge in [0.2, 0.25) is 0 Å². The predicted octanol–water partition coefficient (Wildman–Crippen LogP) is 9.77. The fraction of sp³-hybridized carbons (Fsp3) is 0. The van der Waals surface area contributed by atoms with Crippen molar-refractivity contribution in [2.45, 2.75) is 0 Å². The molecule has 5 nitrogen and oxygen atoms in total. The van der Waals surface area contributed by atoms with Crippen molar-refractivity contribution in [3.8, 4) is 56.3 Å². The molecule has 1 aliphatic carbocycles. The predicted molar refractivity (Wildman–Crippen MR) is 188 cm³/mol. The molecular formula is C41H27N5. The molecule has 0 fully saturated rings. The number of nitrogens with zero attached hydrogens (tertiary/aromatic N) is 3. The number of rotatable bonds is 5. The Kier molecular flexibility index (Phi) is 6.69. The molecule has 1 aliphatic rings. The highest BCUT2D eigenvalue weighted by Gasteiger charge is 2.23. The van der Waals surface area contributed by atoms with Gasteiger partial charge in [0.05, 0.1) is 34.0 Å². The van der Waals surface area contributed by atoms with E-state index in [-0.39, 0.29) is 11.4 Å². The number of hydrogen-bond donors (Lipinski definition) is 2. The van der Waals surface area contributed by atoms with Crippen LogP contribution in [0.3, 0.4) is 0 Å². The molecule has 2 heterocycles. The molecule has 0 aliphatic heterocycles. The van der Waals surface area contributed by atoms with Crippen LogP contribution in [-0.4, -0.2) is 26.4 Å². The Hall–Kier alpha value is -6.33. The second-order valence-corrected chi connectivity index (χ2v) is 11.2. The Morgan fingerprint density at radius 3 is 1.63 bits per heavy atom. The minimum atomic E-state index is 0.203. The van der Waals surface area contributed by atoms with E-state index in [0.717, 1.165) is 72.5 Å². The second kappa shape index (κ2) is 11.3. The summed E-state index contributed by atoms with van der Waals surface area (Å²) >= 11 is 0. The molecule has 0 spiro atoms. The maximum absolute atomic E-state index is 8.77. The molecule has 0 atom stereocenters. The Bertz CT molecular complexity index is 2250. The van der Waals surface area contributed by atoms with E-state index in [1.54, 1.807) is 6.08 Å². The highest BCUT2D eigenvalue weighted by molar-refractivity contribution is 6.54. The first-order valence-corrected chi connectivity index (χ1v) is 15.1. The van der Waals surface area contributed by atoms with Gasteiger partial charge in [-0.2, -0.15) is 0 Å². The van der Waals surface area contributed by atoms with Gasteiger partial charge in [0.1, 0.15) is 0 Å². The van der Waals surface area contributed by atoms with E-state index in [2.05, 4.69) is 48.5 Å². The Morgan fingerprint density at radius 1 is 0.435 bits per heavy atom. The molecule has 8 rings (SSSR count). The topological polar surface area (TPSA) is 86.4 Å². The largest absolute Gasteiger partial charge is 0.299 e. The van der Waals surface area contributed by atoms with Crippen molar-refractivity contribution >= 4 is 28.4 Å². The van der Waals surface area contributed by atoms with Gasteiger partial charge in [0.15, 0.2) is 5.82 Å². The summed E-state index contributed by atoms with van der Waals surface area (Å²) in [5.74, 6) is 0.688. The highest BCUT2D eigenvalue weighted by atomic mass is 14.9. The van der Waals surface area contributed by atoms with Crippen LogP contribution in [0.15, 0.2) is 146 Å². The van der Waals surface area contributed by atoms with Crippen LogP contribution in [0, 0.1) is 10.8 Å². The van der Waals surface area contributed by atoms with E-state index < -0.39 is 0 Å². The molecule has 0 amide bonds. The summed E-state index contributed by atoms with van der Waals surface area (Å²) in [5.41, 5.74) is 11.5. The zero-order valence-corrected chi connectivity index (χ0v) is 24.8. The fourth-order valence-electron chi connectivity index (χ4n) is 5.99. The van der Waals surface area contributed by atoms with E-state index >= 15 is 0 Å². The third-order valence-electron chi connectivity index (χ3n) is 8.35. The molecule has 0 unspecified atom stereocenters. The van der Waals surface area contributed by atoms with Crippen LogP contribution in [0.25, 0.3) is 73.3 Å². The summed E-state index contributed by atoms with van der Waals surface area (Å²) in [6.07, 6.45) is 3.60. The minimum absolute atomic E-state index is 0.203. The Morgan fingerprint density at radius 2 is 0.978 bits per heavy atom. The van der Waals surface area contributed by atoms with Gasteiger partial charge in [0.25, 0.3) is 0 Å². The average molecular weight is 590 g/mol. The molecule has 2 aromatic heterocycles. The molecule has 216 valence electrons.